The first-order valence-corrected chi connectivity index (χ1v) is 3.87. The second-order valence-electron chi connectivity index (χ2n) is 2.68. The van der Waals surface area contributed by atoms with Crippen molar-refractivity contribution in [1.82, 2.24) is 0 Å². The Morgan fingerprint density at radius 1 is 1.27 bits per heavy atom. The highest BCUT2D eigenvalue weighted by Crippen LogP contribution is 2.12. The van der Waals surface area contributed by atoms with Crippen molar-refractivity contribution in [1.29, 1.82) is 0 Å². The van der Waals surface area contributed by atoms with Gasteiger partial charge in [0.1, 0.15) is 0 Å². The summed E-state index contributed by atoms with van der Waals surface area (Å²) >= 11 is 0. The highest BCUT2D eigenvalue weighted by molar-refractivity contribution is 5.46. The van der Waals surface area contributed by atoms with Gasteiger partial charge in [-0.05, 0) is 31.5 Å². The van der Waals surface area contributed by atoms with E-state index in [0.29, 0.717) is 0 Å². The van der Waals surface area contributed by atoms with Gasteiger partial charge in [0, 0.05) is 19.3 Å². The number of hydrogen-bond acceptors (Lipinski definition) is 1. The SMILES string of the molecule is [CH2]c1ccc(N(C)CC)cc1. The first-order chi connectivity index (χ1) is 5.24. The molecule has 0 bridgehead atoms. The number of hydrogen-bond donors (Lipinski definition) is 0. The first kappa shape index (κ1) is 8.12. The van der Waals surface area contributed by atoms with Crippen LogP contribution in [0, 0.1) is 6.92 Å². The predicted octanol–water partition coefficient (Wildman–Crippen LogP) is 2.32. The summed E-state index contributed by atoms with van der Waals surface area (Å²) in [5.41, 5.74) is 2.32. The second-order valence-corrected chi connectivity index (χ2v) is 2.68. The minimum atomic E-state index is 1.04. The fraction of sp³-hybridized carbons (Fsp3) is 0.300. The maximum atomic E-state index is 3.83. The molecule has 0 saturated heterocycles. The van der Waals surface area contributed by atoms with Crippen LogP contribution in [-0.2, 0) is 0 Å². The van der Waals surface area contributed by atoms with Gasteiger partial charge in [0.25, 0.3) is 0 Å². The number of anilines is 1. The topological polar surface area (TPSA) is 3.24 Å². The van der Waals surface area contributed by atoms with E-state index >= 15 is 0 Å². The van der Waals surface area contributed by atoms with E-state index < -0.39 is 0 Å². The molecular formula is C10H14N. The molecule has 1 aromatic rings. The molecule has 0 aliphatic heterocycles. The van der Waals surface area contributed by atoms with Crippen LogP contribution in [-0.4, -0.2) is 13.6 Å². The highest BCUT2D eigenvalue weighted by Gasteiger charge is 1.94. The van der Waals surface area contributed by atoms with Crippen molar-refractivity contribution in [3.05, 3.63) is 36.8 Å². The van der Waals surface area contributed by atoms with Gasteiger partial charge in [-0.25, -0.2) is 0 Å². The van der Waals surface area contributed by atoms with Crippen LogP contribution < -0.4 is 4.90 Å². The summed E-state index contributed by atoms with van der Waals surface area (Å²) in [6.45, 7) is 7.00. The van der Waals surface area contributed by atoms with Crippen LogP contribution in [0.2, 0.25) is 0 Å². The van der Waals surface area contributed by atoms with Crippen LogP contribution in [0.5, 0.6) is 0 Å². The highest BCUT2D eigenvalue weighted by atomic mass is 15.1. The molecule has 1 aromatic carbocycles. The summed E-state index contributed by atoms with van der Waals surface area (Å²) in [6.07, 6.45) is 0. The molecule has 1 nitrogen and oxygen atoms in total. The third kappa shape index (κ3) is 1.97. The number of nitrogens with zero attached hydrogens (tertiary/aromatic N) is 1. The van der Waals surface area contributed by atoms with Crippen LogP contribution in [0.15, 0.2) is 24.3 Å². The Hall–Kier alpha value is -0.980. The molecule has 0 aliphatic rings. The largest absolute Gasteiger partial charge is 0.375 e. The van der Waals surface area contributed by atoms with E-state index in [9.17, 15) is 0 Å². The van der Waals surface area contributed by atoms with Gasteiger partial charge in [0.2, 0.25) is 0 Å². The van der Waals surface area contributed by atoms with Crippen LogP contribution >= 0.6 is 0 Å². The molecule has 0 atom stereocenters. The van der Waals surface area contributed by atoms with E-state index in [1.54, 1.807) is 0 Å². The average molecular weight is 148 g/mol. The van der Waals surface area contributed by atoms with Crippen molar-refractivity contribution >= 4 is 5.69 Å². The van der Waals surface area contributed by atoms with Crippen molar-refractivity contribution in [3.8, 4) is 0 Å². The van der Waals surface area contributed by atoms with Crippen LogP contribution in [0.4, 0.5) is 5.69 Å². The van der Waals surface area contributed by atoms with Gasteiger partial charge in [0.05, 0.1) is 0 Å². The van der Waals surface area contributed by atoms with E-state index in [4.69, 9.17) is 0 Å². The Morgan fingerprint density at radius 2 is 1.82 bits per heavy atom. The monoisotopic (exact) mass is 148 g/mol. The Bertz CT molecular complexity index is 213. The van der Waals surface area contributed by atoms with Crippen molar-refractivity contribution in [2.75, 3.05) is 18.5 Å². The fourth-order valence-corrected chi connectivity index (χ4v) is 0.933. The Balaban J connectivity index is 2.81. The fourth-order valence-electron chi connectivity index (χ4n) is 0.933. The zero-order valence-electron chi connectivity index (χ0n) is 7.17. The lowest BCUT2D eigenvalue weighted by Gasteiger charge is -2.16. The third-order valence-electron chi connectivity index (χ3n) is 1.85. The summed E-state index contributed by atoms with van der Waals surface area (Å²) in [4.78, 5) is 2.19. The molecular weight excluding hydrogens is 134 g/mol. The van der Waals surface area contributed by atoms with Crippen molar-refractivity contribution in [2.24, 2.45) is 0 Å². The van der Waals surface area contributed by atoms with E-state index in [1.807, 2.05) is 12.1 Å². The number of rotatable bonds is 2. The van der Waals surface area contributed by atoms with E-state index in [1.165, 1.54) is 5.69 Å². The third-order valence-corrected chi connectivity index (χ3v) is 1.85. The minimum absolute atomic E-state index is 1.04. The summed E-state index contributed by atoms with van der Waals surface area (Å²) in [6, 6.07) is 8.24. The van der Waals surface area contributed by atoms with Crippen LogP contribution in [0.1, 0.15) is 12.5 Å². The summed E-state index contributed by atoms with van der Waals surface area (Å²) in [5.74, 6) is 0. The van der Waals surface area contributed by atoms with Crippen molar-refractivity contribution in [2.45, 2.75) is 6.92 Å². The van der Waals surface area contributed by atoms with Crippen LogP contribution in [0.25, 0.3) is 0 Å². The molecule has 0 N–H and O–H groups in total. The van der Waals surface area contributed by atoms with Gasteiger partial charge >= 0.3 is 0 Å². The molecule has 1 radical (unpaired) electrons. The zero-order valence-corrected chi connectivity index (χ0v) is 7.17. The zero-order chi connectivity index (χ0) is 8.27. The van der Waals surface area contributed by atoms with Gasteiger partial charge in [-0.2, -0.15) is 0 Å². The van der Waals surface area contributed by atoms with Crippen LogP contribution in [0.3, 0.4) is 0 Å². The molecule has 0 amide bonds. The molecule has 0 aliphatic carbocycles. The van der Waals surface area contributed by atoms with E-state index in [0.717, 1.165) is 12.1 Å². The molecule has 0 aromatic heterocycles. The second kappa shape index (κ2) is 3.42. The van der Waals surface area contributed by atoms with Gasteiger partial charge in [-0.3, -0.25) is 0 Å². The van der Waals surface area contributed by atoms with Gasteiger partial charge < -0.3 is 4.90 Å². The molecule has 0 spiro atoms. The molecule has 1 rings (SSSR count). The standard InChI is InChI=1S/C10H14N/c1-4-11(3)10-7-5-9(2)6-8-10/h5-8H,2,4H2,1,3H3. The lowest BCUT2D eigenvalue weighted by Crippen LogP contribution is -2.15. The molecule has 11 heavy (non-hydrogen) atoms. The van der Waals surface area contributed by atoms with Gasteiger partial charge in [0.15, 0.2) is 0 Å². The molecule has 0 unspecified atom stereocenters. The lowest BCUT2D eigenvalue weighted by molar-refractivity contribution is 0.968. The lowest BCUT2D eigenvalue weighted by atomic mass is 10.2. The number of benzene rings is 1. The van der Waals surface area contributed by atoms with Crippen molar-refractivity contribution < 1.29 is 0 Å². The van der Waals surface area contributed by atoms with Crippen molar-refractivity contribution in [3.63, 3.8) is 0 Å². The Kier molecular flexibility index (Phi) is 2.53. The van der Waals surface area contributed by atoms with Gasteiger partial charge in [-0.15, -0.1) is 0 Å². The van der Waals surface area contributed by atoms with E-state index in [2.05, 4.69) is 37.9 Å². The normalized spacial score (nSPS) is 9.73. The Morgan fingerprint density at radius 3 is 2.27 bits per heavy atom. The summed E-state index contributed by atoms with van der Waals surface area (Å²) in [7, 11) is 2.08. The quantitative estimate of drug-likeness (QED) is 0.622. The van der Waals surface area contributed by atoms with E-state index in [-0.39, 0.29) is 0 Å². The molecule has 0 saturated carbocycles. The van der Waals surface area contributed by atoms with Gasteiger partial charge in [-0.1, -0.05) is 12.1 Å². The smallest absolute Gasteiger partial charge is 0.0363 e. The molecule has 0 fully saturated rings. The Labute approximate surface area is 68.7 Å². The minimum Gasteiger partial charge on any atom is -0.375 e. The average Bonchev–Trinajstić information content (AvgIpc) is 2.05. The first-order valence-electron chi connectivity index (χ1n) is 3.87. The maximum absolute atomic E-state index is 3.83. The molecule has 59 valence electrons. The summed E-state index contributed by atoms with van der Waals surface area (Å²) < 4.78 is 0. The predicted molar refractivity (Wildman–Crippen MR) is 49.8 cm³/mol. The molecule has 0 heterocycles. The molecule has 1 heteroatoms. The maximum Gasteiger partial charge on any atom is 0.0363 e. The summed E-state index contributed by atoms with van der Waals surface area (Å²) in [5, 5.41) is 0.